The molecule has 0 amide bonds. The second kappa shape index (κ2) is 5.58. The first-order valence-electron chi connectivity index (χ1n) is 5.25. The number of ether oxygens (including phenoxy) is 1. The molecule has 1 aliphatic rings. The van der Waals surface area contributed by atoms with Crippen molar-refractivity contribution in [2.75, 3.05) is 33.4 Å². The predicted octanol–water partition coefficient (Wildman–Crippen LogP) is 0.705. The fourth-order valence-electron chi connectivity index (χ4n) is 1.86. The van der Waals surface area contributed by atoms with Crippen molar-refractivity contribution >= 4 is 0 Å². The standard InChI is InChI=1S/C10H22N2O/c1-4-11-9(2)7-12(3)10-5-6-13-8-10/h9-11H,4-8H2,1-3H3. The fourth-order valence-corrected chi connectivity index (χ4v) is 1.86. The van der Waals surface area contributed by atoms with Crippen LogP contribution in [0, 0.1) is 0 Å². The van der Waals surface area contributed by atoms with Crippen molar-refractivity contribution in [1.82, 2.24) is 10.2 Å². The molecule has 1 fully saturated rings. The van der Waals surface area contributed by atoms with Crippen molar-refractivity contribution in [3.05, 3.63) is 0 Å². The molecule has 0 radical (unpaired) electrons. The topological polar surface area (TPSA) is 24.5 Å². The van der Waals surface area contributed by atoms with Crippen LogP contribution in [0.15, 0.2) is 0 Å². The molecule has 3 nitrogen and oxygen atoms in total. The molecule has 0 spiro atoms. The summed E-state index contributed by atoms with van der Waals surface area (Å²) < 4.78 is 5.36. The molecular formula is C10H22N2O. The minimum absolute atomic E-state index is 0.579. The smallest absolute Gasteiger partial charge is 0.0622 e. The first-order valence-corrected chi connectivity index (χ1v) is 5.25. The summed E-state index contributed by atoms with van der Waals surface area (Å²) in [5.74, 6) is 0. The van der Waals surface area contributed by atoms with Crippen molar-refractivity contribution in [1.29, 1.82) is 0 Å². The van der Waals surface area contributed by atoms with Gasteiger partial charge in [0, 0.05) is 25.2 Å². The quantitative estimate of drug-likeness (QED) is 0.684. The van der Waals surface area contributed by atoms with Crippen molar-refractivity contribution in [2.24, 2.45) is 0 Å². The van der Waals surface area contributed by atoms with Crippen LogP contribution in [0.3, 0.4) is 0 Å². The van der Waals surface area contributed by atoms with E-state index in [0.29, 0.717) is 12.1 Å². The monoisotopic (exact) mass is 186 g/mol. The van der Waals surface area contributed by atoms with E-state index in [0.717, 1.165) is 26.3 Å². The molecule has 0 aromatic carbocycles. The highest BCUT2D eigenvalue weighted by Gasteiger charge is 2.20. The first kappa shape index (κ1) is 11.0. The van der Waals surface area contributed by atoms with Gasteiger partial charge in [-0.1, -0.05) is 6.92 Å². The van der Waals surface area contributed by atoms with Crippen molar-refractivity contribution < 1.29 is 4.74 Å². The number of likely N-dealkylation sites (N-methyl/N-ethyl adjacent to an activating group) is 2. The van der Waals surface area contributed by atoms with E-state index in [1.54, 1.807) is 0 Å². The summed E-state index contributed by atoms with van der Waals surface area (Å²) in [6.45, 7) is 8.39. The molecule has 0 saturated carbocycles. The summed E-state index contributed by atoms with van der Waals surface area (Å²) in [5, 5.41) is 3.42. The molecule has 2 unspecified atom stereocenters. The Morgan fingerprint density at radius 2 is 2.38 bits per heavy atom. The number of rotatable bonds is 5. The highest BCUT2D eigenvalue weighted by molar-refractivity contribution is 4.75. The van der Waals surface area contributed by atoms with E-state index in [-0.39, 0.29) is 0 Å². The average Bonchev–Trinajstić information content (AvgIpc) is 2.55. The fraction of sp³-hybridized carbons (Fsp3) is 1.00. The van der Waals surface area contributed by atoms with E-state index in [2.05, 4.69) is 31.1 Å². The second-order valence-corrected chi connectivity index (χ2v) is 3.92. The lowest BCUT2D eigenvalue weighted by atomic mass is 10.2. The Morgan fingerprint density at radius 1 is 1.62 bits per heavy atom. The second-order valence-electron chi connectivity index (χ2n) is 3.92. The molecular weight excluding hydrogens is 164 g/mol. The van der Waals surface area contributed by atoms with Gasteiger partial charge in [0.05, 0.1) is 6.61 Å². The summed E-state index contributed by atoms with van der Waals surface area (Å²) in [4.78, 5) is 2.40. The summed E-state index contributed by atoms with van der Waals surface area (Å²) in [6, 6.07) is 1.22. The molecule has 1 saturated heterocycles. The zero-order chi connectivity index (χ0) is 9.68. The zero-order valence-corrected chi connectivity index (χ0v) is 9.05. The van der Waals surface area contributed by atoms with Gasteiger partial charge in [0.15, 0.2) is 0 Å². The van der Waals surface area contributed by atoms with Gasteiger partial charge in [0.25, 0.3) is 0 Å². The van der Waals surface area contributed by atoms with Gasteiger partial charge in [-0.15, -0.1) is 0 Å². The van der Waals surface area contributed by atoms with Crippen LogP contribution in [-0.4, -0.2) is 50.3 Å². The third kappa shape index (κ3) is 3.63. The minimum atomic E-state index is 0.579. The van der Waals surface area contributed by atoms with Crippen molar-refractivity contribution in [3.63, 3.8) is 0 Å². The lowest BCUT2D eigenvalue weighted by Crippen LogP contribution is -2.42. The molecule has 13 heavy (non-hydrogen) atoms. The van der Waals surface area contributed by atoms with E-state index < -0.39 is 0 Å². The number of hydrogen-bond acceptors (Lipinski definition) is 3. The molecule has 0 aromatic rings. The largest absolute Gasteiger partial charge is 0.380 e. The number of nitrogens with one attached hydrogen (secondary N) is 1. The van der Waals surface area contributed by atoms with Gasteiger partial charge >= 0.3 is 0 Å². The third-order valence-electron chi connectivity index (χ3n) is 2.64. The van der Waals surface area contributed by atoms with E-state index in [9.17, 15) is 0 Å². The SMILES string of the molecule is CCNC(C)CN(C)C1CCOC1. The highest BCUT2D eigenvalue weighted by atomic mass is 16.5. The van der Waals surface area contributed by atoms with Crippen LogP contribution < -0.4 is 5.32 Å². The van der Waals surface area contributed by atoms with E-state index in [1.165, 1.54) is 6.42 Å². The molecule has 1 N–H and O–H groups in total. The van der Waals surface area contributed by atoms with Crippen LogP contribution in [0.25, 0.3) is 0 Å². The van der Waals surface area contributed by atoms with Crippen LogP contribution in [0.2, 0.25) is 0 Å². The third-order valence-corrected chi connectivity index (χ3v) is 2.64. The summed E-state index contributed by atoms with van der Waals surface area (Å²) >= 11 is 0. The predicted molar refractivity (Wildman–Crippen MR) is 55.0 cm³/mol. The number of nitrogens with zero attached hydrogens (tertiary/aromatic N) is 1. The molecule has 2 atom stereocenters. The van der Waals surface area contributed by atoms with Gasteiger partial charge in [-0.2, -0.15) is 0 Å². The van der Waals surface area contributed by atoms with Crippen LogP contribution in [0.4, 0.5) is 0 Å². The Labute approximate surface area is 81.4 Å². The maximum absolute atomic E-state index is 5.36. The lowest BCUT2D eigenvalue weighted by molar-refractivity contribution is 0.154. The molecule has 0 aromatic heterocycles. The van der Waals surface area contributed by atoms with Crippen molar-refractivity contribution in [3.8, 4) is 0 Å². The van der Waals surface area contributed by atoms with Crippen LogP contribution in [0.5, 0.6) is 0 Å². The Balaban J connectivity index is 2.18. The first-order chi connectivity index (χ1) is 6.24. The normalized spacial score (nSPS) is 25.4. The average molecular weight is 186 g/mol. The maximum Gasteiger partial charge on any atom is 0.0622 e. The van der Waals surface area contributed by atoms with Crippen LogP contribution in [0.1, 0.15) is 20.3 Å². The molecule has 1 aliphatic heterocycles. The Hall–Kier alpha value is -0.120. The highest BCUT2D eigenvalue weighted by Crippen LogP contribution is 2.10. The molecule has 0 aliphatic carbocycles. The van der Waals surface area contributed by atoms with Gasteiger partial charge in [-0.25, -0.2) is 0 Å². The molecule has 3 heteroatoms. The van der Waals surface area contributed by atoms with Gasteiger partial charge in [0.1, 0.15) is 0 Å². The number of hydrogen-bond donors (Lipinski definition) is 1. The Morgan fingerprint density at radius 3 is 2.92 bits per heavy atom. The van der Waals surface area contributed by atoms with Gasteiger partial charge < -0.3 is 10.1 Å². The van der Waals surface area contributed by atoms with Crippen molar-refractivity contribution in [2.45, 2.75) is 32.4 Å². The molecule has 78 valence electrons. The summed E-state index contributed by atoms with van der Waals surface area (Å²) in [6.07, 6.45) is 1.19. The Kier molecular flexibility index (Phi) is 4.70. The van der Waals surface area contributed by atoms with Gasteiger partial charge in [-0.05, 0) is 26.9 Å². The summed E-state index contributed by atoms with van der Waals surface area (Å²) in [5.41, 5.74) is 0. The minimum Gasteiger partial charge on any atom is -0.380 e. The maximum atomic E-state index is 5.36. The molecule has 0 bridgehead atoms. The summed E-state index contributed by atoms with van der Waals surface area (Å²) in [7, 11) is 2.19. The molecule has 1 rings (SSSR count). The van der Waals surface area contributed by atoms with E-state index in [1.807, 2.05) is 0 Å². The van der Waals surface area contributed by atoms with Crippen LogP contribution in [-0.2, 0) is 4.74 Å². The molecule has 1 heterocycles. The van der Waals surface area contributed by atoms with E-state index >= 15 is 0 Å². The van der Waals surface area contributed by atoms with E-state index in [4.69, 9.17) is 4.74 Å². The van der Waals surface area contributed by atoms with Gasteiger partial charge in [-0.3, -0.25) is 4.90 Å². The van der Waals surface area contributed by atoms with Gasteiger partial charge in [0.2, 0.25) is 0 Å². The van der Waals surface area contributed by atoms with Crippen LogP contribution >= 0.6 is 0 Å². The Bertz CT molecular complexity index is 135. The lowest BCUT2D eigenvalue weighted by Gasteiger charge is -2.26. The zero-order valence-electron chi connectivity index (χ0n) is 9.05.